The minimum absolute atomic E-state index is 0.554. The van der Waals surface area contributed by atoms with Gasteiger partial charge in [0.2, 0.25) is 0 Å². The predicted molar refractivity (Wildman–Crippen MR) is 120 cm³/mol. The van der Waals surface area contributed by atoms with E-state index in [0.29, 0.717) is 18.7 Å². The molecule has 1 aromatic carbocycles. The molecular formula is C23H38F3NOSn. The fraction of sp³-hybridized carbons (Fsp3) is 0.696. The molecule has 6 heteroatoms. The standard InChI is InChI=1S/C11H11F3NO.3C4H9.Sn/c1-16-7-6-15-8-9-2-4-10(5-3-9)11(12,13)14;3*1-3-4-2;/h2-5,8H,1,6-7H2;3*1,3-4H2,2H3;. The minimum atomic E-state index is -4.30. The Morgan fingerprint density at radius 3 is 1.86 bits per heavy atom. The molecular weight excluding hydrogens is 482 g/mol. The first-order valence-corrected chi connectivity index (χ1v) is 19.2. The summed E-state index contributed by atoms with van der Waals surface area (Å²) < 4.78 is 49.2. The van der Waals surface area contributed by atoms with Crippen molar-refractivity contribution in [2.75, 3.05) is 17.8 Å². The summed E-state index contributed by atoms with van der Waals surface area (Å²) in [6.07, 6.45) is 5.11. The predicted octanol–water partition coefficient (Wildman–Crippen LogP) is 7.53. The molecule has 29 heavy (non-hydrogen) atoms. The molecule has 1 aromatic rings. The molecule has 0 N–H and O–H groups in total. The van der Waals surface area contributed by atoms with Crippen LogP contribution in [-0.2, 0) is 10.9 Å². The second kappa shape index (κ2) is 14.4. The molecule has 0 unspecified atom stereocenters. The first-order chi connectivity index (χ1) is 13.9. The SMILES string of the molecule is CCC[CH2][Sn]([CH2]CCC)([CH2]CCC)[CH2]OCCN=Cc1ccc(C(F)(F)F)cc1. The van der Waals surface area contributed by atoms with Crippen LogP contribution in [0.3, 0.4) is 0 Å². The van der Waals surface area contributed by atoms with Gasteiger partial charge in [-0.05, 0) is 0 Å². The second-order valence-electron chi connectivity index (χ2n) is 8.02. The molecule has 0 amide bonds. The van der Waals surface area contributed by atoms with Crippen LogP contribution in [-0.4, -0.2) is 42.4 Å². The van der Waals surface area contributed by atoms with Gasteiger partial charge in [0, 0.05) is 0 Å². The van der Waals surface area contributed by atoms with Gasteiger partial charge in [-0.25, -0.2) is 0 Å². The van der Waals surface area contributed by atoms with Crippen molar-refractivity contribution in [1.82, 2.24) is 0 Å². The Morgan fingerprint density at radius 1 is 0.897 bits per heavy atom. The van der Waals surface area contributed by atoms with Crippen LogP contribution in [0.4, 0.5) is 13.2 Å². The van der Waals surface area contributed by atoms with Crippen LogP contribution >= 0.6 is 0 Å². The number of hydrogen-bond donors (Lipinski definition) is 0. The fourth-order valence-electron chi connectivity index (χ4n) is 3.58. The van der Waals surface area contributed by atoms with Crippen molar-refractivity contribution in [3.8, 4) is 0 Å². The van der Waals surface area contributed by atoms with E-state index in [9.17, 15) is 13.2 Å². The van der Waals surface area contributed by atoms with Crippen LogP contribution in [0.15, 0.2) is 29.3 Å². The van der Waals surface area contributed by atoms with E-state index in [4.69, 9.17) is 4.74 Å². The van der Waals surface area contributed by atoms with Gasteiger partial charge in [0.05, 0.1) is 0 Å². The van der Waals surface area contributed by atoms with Gasteiger partial charge in [-0.15, -0.1) is 0 Å². The number of hydrogen-bond acceptors (Lipinski definition) is 2. The van der Waals surface area contributed by atoms with Gasteiger partial charge in [-0.1, -0.05) is 0 Å². The molecule has 0 aliphatic heterocycles. The van der Waals surface area contributed by atoms with Crippen LogP contribution in [0, 0.1) is 0 Å². The monoisotopic (exact) mass is 521 g/mol. The van der Waals surface area contributed by atoms with E-state index >= 15 is 0 Å². The Balaban J connectivity index is 2.51. The van der Waals surface area contributed by atoms with Gasteiger partial charge >= 0.3 is 179 Å². The number of rotatable bonds is 15. The van der Waals surface area contributed by atoms with Crippen LogP contribution in [0.1, 0.15) is 70.4 Å². The Labute approximate surface area is 179 Å². The van der Waals surface area contributed by atoms with Gasteiger partial charge in [0.25, 0.3) is 0 Å². The average Bonchev–Trinajstić information content (AvgIpc) is 2.71. The number of nitrogens with zero attached hydrogens (tertiary/aromatic N) is 1. The van der Waals surface area contributed by atoms with Gasteiger partial charge < -0.3 is 0 Å². The second-order valence-corrected chi connectivity index (χ2v) is 21.7. The summed E-state index contributed by atoms with van der Waals surface area (Å²) in [7, 11) is 0. The molecule has 1 rings (SSSR count). The molecule has 0 spiro atoms. The molecule has 2 nitrogen and oxygen atoms in total. The molecule has 0 aliphatic rings. The molecule has 0 aliphatic carbocycles. The van der Waals surface area contributed by atoms with E-state index in [2.05, 4.69) is 25.8 Å². The van der Waals surface area contributed by atoms with Crippen molar-refractivity contribution in [1.29, 1.82) is 0 Å². The zero-order valence-corrected chi connectivity index (χ0v) is 21.2. The fourth-order valence-corrected chi connectivity index (χ4v) is 18.1. The quantitative estimate of drug-likeness (QED) is 0.133. The number of aliphatic imine (C=N–C) groups is 1. The summed E-state index contributed by atoms with van der Waals surface area (Å²) in [5.41, 5.74) is 0.0495. The molecule has 166 valence electrons. The topological polar surface area (TPSA) is 21.6 Å². The molecule has 0 radical (unpaired) electrons. The van der Waals surface area contributed by atoms with E-state index in [1.54, 1.807) is 6.21 Å². The van der Waals surface area contributed by atoms with Crippen molar-refractivity contribution in [3.63, 3.8) is 0 Å². The maximum absolute atomic E-state index is 12.6. The van der Waals surface area contributed by atoms with E-state index in [1.165, 1.54) is 64.0 Å². The summed E-state index contributed by atoms with van der Waals surface area (Å²) >= 11 is -2.24. The number of ether oxygens (including phenoxy) is 1. The first-order valence-electron chi connectivity index (χ1n) is 11.1. The number of unbranched alkanes of at least 4 members (excludes halogenated alkanes) is 3. The summed E-state index contributed by atoms with van der Waals surface area (Å²) in [6.45, 7) is 7.96. The van der Waals surface area contributed by atoms with Crippen molar-refractivity contribution >= 4 is 24.6 Å². The summed E-state index contributed by atoms with van der Waals surface area (Å²) in [6, 6.07) is 5.09. The van der Waals surface area contributed by atoms with Crippen LogP contribution in [0.2, 0.25) is 13.3 Å². The van der Waals surface area contributed by atoms with E-state index in [0.717, 1.165) is 16.8 Å². The molecule has 0 fully saturated rings. The van der Waals surface area contributed by atoms with Crippen molar-refractivity contribution in [3.05, 3.63) is 35.4 Å². The first kappa shape index (κ1) is 26.5. The number of alkyl halides is 3. The zero-order valence-electron chi connectivity index (χ0n) is 18.4. The van der Waals surface area contributed by atoms with Crippen LogP contribution in [0.25, 0.3) is 0 Å². The zero-order chi connectivity index (χ0) is 21.6. The summed E-state index contributed by atoms with van der Waals surface area (Å²) in [5, 5.41) is 0. The Morgan fingerprint density at radius 2 is 1.41 bits per heavy atom. The number of benzene rings is 1. The van der Waals surface area contributed by atoms with E-state index in [1.807, 2.05) is 0 Å². The molecule has 0 heterocycles. The number of halogens is 3. The van der Waals surface area contributed by atoms with Crippen molar-refractivity contribution in [2.45, 2.75) is 78.8 Å². The maximum atomic E-state index is 12.6. The van der Waals surface area contributed by atoms with Crippen LogP contribution < -0.4 is 0 Å². The molecule has 0 bridgehead atoms. The van der Waals surface area contributed by atoms with Crippen molar-refractivity contribution < 1.29 is 17.9 Å². The van der Waals surface area contributed by atoms with Gasteiger partial charge in [-0.3, -0.25) is 0 Å². The van der Waals surface area contributed by atoms with Crippen LogP contribution in [0.5, 0.6) is 0 Å². The third-order valence-electron chi connectivity index (χ3n) is 5.43. The molecule has 0 aromatic heterocycles. The molecule has 0 saturated carbocycles. The van der Waals surface area contributed by atoms with Gasteiger partial charge in [0.1, 0.15) is 0 Å². The molecule has 0 saturated heterocycles. The normalized spacial score (nSPS) is 12.8. The Bertz CT molecular complexity index is 551. The van der Waals surface area contributed by atoms with Gasteiger partial charge in [0.15, 0.2) is 0 Å². The summed E-state index contributed by atoms with van der Waals surface area (Å²) in [4.78, 5) is 4.33. The Hall–Kier alpha value is -0.561. The van der Waals surface area contributed by atoms with Gasteiger partial charge in [-0.2, -0.15) is 0 Å². The third kappa shape index (κ3) is 10.9. The Kier molecular flexibility index (Phi) is 13.2. The summed E-state index contributed by atoms with van der Waals surface area (Å²) in [5.74, 6) is 0. The van der Waals surface area contributed by atoms with E-state index in [-0.39, 0.29) is 0 Å². The van der Waals surface area contributed by atoms with Crippen molar-refractivity contribution in [2.24, 2.45) is 4.99 Å². The average molecular weight is 520 g/mol. The third-order valence-corrected chi connectivity index (χ3v) is 19.9. The van der Waals surface area contributed by atoms with E-state index < -0.39 is 30.1 Å². The molecule has 0 atom stereocenters.